The molecule has 4 rings (SSSR count). The van der Waals surface area contributed by atoms with Crippen molar-refractivity contribution in [1.29, 1.82) is 0 Å². The Balaban J connectivity index is 1.70. The highest BCUT2D eigenvalue weighted by atomic mass is 16.5. The van der Waals surface area contributed by atoms with Gasteiger partial charge in [-0.25, -0.2) is 0 Å². The summed E-state index contributed by atoms with van der Waals surface area (Å²) in [6.07, 6.45) is 5.80. The summed E-state index contributed by atoms with van der Waals surface area (Å²) in [7, 11) is 1.58. The molecule has 1 aliphatic heterocycles. The van der Waals surface area contributed by atoms with Crippen LogP contribution in [0.25, 0.3) is 17.0 Å². The molecule has 1 aromatic heterocycles. The predicted octanol–water partition coefficient (Wildman–Crippen LogP) is 4.06. The quantitative estimate of drug-likeness (QED) is 0.615. The van der Waals surface area contributed by atoms with Gasteiger partial charge in [0, 0.05) is 47.9 Å². The highest BCUT2D eigenvalue weighted by molar-refractivity contribution is 6.06. The molecule has 6 heteroatoms. The fraction of sp³-hybridized carbons (Fsp3) is 0.280. The van der Waals surface area contributed by atoms with Crippen molar-refractivity contribution >= 4 is 28.8 Å². The van der Waals surface area contributed by atoms with Gasteiger partial charge in [-0.3, -0.25) is 9.59 Å². The van der Waals surface area contributed by atoms with Crippen LogP contribution in [0.5, 0.6) is 5.75 Å². The fourth-order valence-electron chi connectivity index (χ4n) is 3.99. The molecule has 31 heavy (non-hydrogen) atoms. The Hall–Kier alpha value is -3.54. The molecule has 160 valence electrons. The van der Waals surface area contributed by atoms with Crippen molar-refractivity contribution in [3.8, 4) is 5.75 Å². The van der Waals surface area contributed by atoms with Gasteiger partial charge in [-0.1, -0.05) is 18.2 Å². The van der Waals surface area contributed by atoms with E-state index in [9.17, 15) is 9.59 Å². The summed E-state index contributed by atoms with van der Waals surface area (Å²) in [5.41, 5.74) is 2.78. The lowest BCUT2D eigenvalue weighted by Gasteiger charge is -2.18. The number of hydrogen-bond donors (Lipinski definition) is 1. The van der Waals surface area contributed by atoms with Gasteiger partial charge in [0.15, 0.2) is 0 Å². The number of carbonyl (C=O) groups excluding carboxylic acids is 2. The molecule has 0 aliphatic carbocycles. The summed E-state index contributed by atoms with van der Waals surface area (Å²) >= 11 is 0. The van der Waals surface area contributed by atoms with Crippen LogP contribution >= 0.6 is 0 Å². The highest BCUT2D eigenvalue weighted by Gasteiger charge is 2.24. The van der Waals surface area contributed by atoms with Crippen molar-refractivity contribution in [1.82, 2.24) is 14.8 Å². The number of amides is 2. The number of hydrogen-bond acceptors (Lipinski definition) is 3. The molecule has 3 aromatic rings. The number of rotatable bonds is 6. The van der Waals surface area contributed by atoms with Gasteiger partial charge in [0.05, 0.1) is 7.11 Å². The van der Waals surface area contributed by atoms with E-state index in [1.165, 1.54) is 0 Å². The van der Waals surface area contributed by atoms with Gasteiger partial charge in [-0.05, 0) is 56.2 Å². The fourth-order valence-corrected chi connectivity index (χ4v) is 3.99. The van der Waals surface area contributed by atoms with Crippen LogP contribution in [0.4, 0.5) is 0 Å². The minimum Gasteiger partial charge on any atom is -0.497 e. The molecular formula is C25H27N3O3. The predicted molar refractivity (Wildman–Crippen MR) is 122 cm³/mol. The molecule has 2 amide bonds. The molecule has 2 heterocycles. The van der Waals surface area contributed by atoms with Crippen LogP contribution in [0.2, 0.25) is 0 Å². The van der Waals surface area contributed by atoms with Gasteiger partial charge in [0.1, 0.15) is 11.4 Å². The van der Waals surface area contributed by atoms with Crippen LogP contribution in [-0.2, 0) is 11.3 Å². The first kappa shape index (κ1) is 20.7. The minimum absolute atomic E-state index is 0.146. The molecule has 0 unspecified atom stereocenters. The second-order valence-electron chi connectivity index (χ2n) is 7.63. The average Bonchev–Trinajstić information content (AvgIpc) is 3.47. The third-order valence-corrected chi connectivity index (χ3v) is 5.68. The van der Waals surface area contributed by atoms with E-state index in [4.69, 9.17) is 4.74 Å². The number of carbonyl (C=O) groups is 2. The molecule has 1 fully saturated rings. The van der Waals surface area contributed by atoms with Crippen molar-refractivity contribution in [2.24, 2.45) is 0 Å². The average molecular weight is 418 g/mol. The zero-order valence-electron chi connectivity index (χ0n) is 17.9. The number of fused-ring (bicyclic) bond motifs is 1. The third-order valence-electron chi connectivity index (χ3n) is 5.68. The lowest BCUT2D eigenvalue weighted by atomic mass is 10.1. The molecule has 1 aliphatic rings. The Morgan fingerprint density at radius 3 is 2.45 bits per heavy atom. The Morgan fingerprint density at radius 1 is 1.06 bits per heavy atom. The summed E-state index contributed by atoms with van der Waals surface area (Å²) in [6, 6.07) is 14.9. The second kappa shape index (κ2) is 9.08. The van der Waals surface area contributed by atoms with E-state index in [0.29, 0.717) is 30.1 Å². The molecule has 6 nitrogen and oxygen atoms in total. The second-order valence-corrected chi connectivity index (χ2v) is 7.63. The SMILES string of the molecule is CCn1cc(C=C(NC(=O)c2ccc(OC)cc2)C(=O)N2CCCC2)c2ccccc21. The molecule has 1 N–H and O–H groups in total. The topological polar surface area (TPSA) is 63.6 Å². The van der Waals surface area contributed by atoms with Gasteiger partial charge in [-0.15, -0.1) is 0 Å². The van der Waals surface area contributed by atoms with Gasteiger partial charge < -0.3 is 19.5 Å². The Kier molecular flexibility index (Phi) is 6.07. The Bertz CT molecular complexity index is 1120. The summed E-state index contributed by atoms with van der Waals surface area (Å²) in [5.74, 6) is 0.209. The van der Waals surface area contributed by atoms with Gasteiger partial charge in [-0.2, -0.15) is 0 Å². The number of benzene rings is 2. The standard InChI is InChI=1S/C25H27N3O3/c1-3-27-17-19(21-8-4-5-9-23(21)27)16-22(25(30)28-14-6-7-15-28)26-24(29)18-10-12-20(31-2)13-11-18/h4-5,8-13,16-17H,3,6-7,14-15H2,1-2H3,(H,26,29). The van der Waals surface area contributed by atoms with Gasteiger partial charge in [0.2, 0.25) is 0 Å². The lowest BCUT2D eigenvalue weighted by molar-refractivity contribution is -0.126. The van der Waals surface area contributed by atoms with E-state index in [1.54, 1.807) is 42.4 Å². The van der Waals surface area contributed by atoms with Crippen LogP contribution in [0.15, 0.2) is 60.4 Å². The smallest absolute Gasteiger partial charge is 0.270 e. The maximum atomic E-state index is 13.2. The molecule has 0 radical (unpaired) electrons. The summed E-state index contributed by atoms with van der Waals surface area (Å²) in [6.45, 7) is 4.33. The summed E-state index contributed by atoms with van der Waals surface area (Å²) < 4.78 is 7.31. The number of para-hydroxylation sites is 1. The van der Waals surface area contributed by atoms with Crippen molar-refractivity contribution in [2.75, 3.05) is 20.2 Å². The van der Waals surface area contributed by atoms with E-state index in [-0.39, 0.29) is 11.8 Å². The van der Waals surface area contributed by atoms with E-state index < -0.39 is 0 Å². The maximum Gasteiger partial charge on any atom is 0.270 e. The van der Waals surface area contributed by atoms with Crippen molar-refractivity contribution in [2.45, 2.75) is 26.3 Å². The first-order valence-electron chi connectivity index (χ1n) is 10.6. The normalized spacial score (nSPS) is 14.1. The molecule has 1 saturated heterocycles. The molecule has 0 spiro atoms. The molecule has 0 saturated carbocycles. The minimum atomic E-state index is -0.319. The van der Waals surface area contributed by atoms with Crippen molar-refractivity contribution in [3.63, 3.8) is 0 Å². The van der Waals surface area contributed by atoms with Crippen molar-refractivity contribution < 1.29 is 14.3 Å². The number of ether oxygens (including phenoxy) is 1. The zero-order valence-corrected chi connectivity index (χ0v) is 17.9. The number of likely N-dealkylation sites (tertiary alicyclic amines) is 1. The number of nitrogens with zero attached hydrogens (tertiary/aromatic N) is 2. The van der Waals surface area contributed by atoms with Gasteiger partial charge in [0.25, 0.3) is 11.8 Å². The number of nitrogens with one attached hydrogen (secondary N) is 1. The van der Waals surface area contributed by atoms with Crippen LogP contribution < -0.4 is 10.1 Å². The Morgan fingerprint density at radius 2 is 1.77 bits per heavy atom. The number of aromatic nitrogens is 1. The van der Waals surface area contributed by atoms with E-state index >= 15 is 0 Å². The van der Waals surface area contributed by atoms with Crippen LogP contribution in [0.1, 0.15) is 35.7 Å². The summed E-state index contributed by atoms with van der Waals surface area (Å²) in [4.78, 5) is 28.0. The van der Waals surface area contributed by atoms with E-state index in [1.807, 2.05) is 24.4 Å². The highest BCUT2D eigenvalue weighted by Crippen LogP contribution is 2.24. The number of aryl methyl sites for hydroxylation is 1. The zero-order chi connectivity index (χ0) is 21.8. The number of methoxy groups -OCH3 is 1. The monoisotopic (exact) mass is 417 g/mol. The summed E-state index contributed by atoms with van der Waals surface area (Å²) in [5, 5.41) is 3.92. The lowest BCUT2D eigenvalue weighted by Crippen LogP contribution is -2.36. The van der Waals surface area contributed by atoms with E-state index in [2.05, 4.69) is 22.9 Å². The Labute approximate surface area is 182 Å². The van der Waals surface area contributed by atoms with Gasteiger partial charge >= 0.3 is 0 Å². The molecule has 0 bridgehead atoms. The van der Waals surface area contributed by atoms with Crippen LogP contribution in [0.3, 0.4) is 0 Å². The molecular weight excluding hydrogens is 390 g/mol. The molecule has 2 aromatic carbocycles. The first-order valence-corrected chi connectivity index (χ1v) is 10.6. The van der Waals surface area contributed by atoms with E-state index in [0.717, 1.165) is 35.9 Å². The van der Waals surface area contributed by atoms with Crippen LogP contribution in [0, 0.1) is 0 Å². The first-order chi connectivity index (χ1) is 15.1. The van der Waals surface area contributed by atoms with Crippen molar-refractivity contribution in [3.05, 3.63) is 71.6 Å². The van der Waals surface area contributed by atoms with Crippen LogP contribution in [-0.4, -0.2) is 41.5 Å². The largest absolute Gasteiger partial charge is 0.497 e. The third kappa shape index (κ3) is 4.33. The maximum absolute atomic E-state index is 13.2. The molecule has 0 atom stereocenters.